The molecule has 1 aliphatic carbocycles. The third kappa shape index (κ3) is 4.99. The van der Waals surface area contributed by atoms with E-state index in [0.29, 0.717) is 31.6 Å². The summed E-state index contributed by atoms with van der Waals surface area (Å²) in [5.74, 6) is -2.34. The summed E-state index contributed by atoms with van der Waals surface area (Å²) in [5, 5.41) is 12.1. The number of hydrogen-bond donors (Lipinski definition) is 2. The number of rotatable bonds is 5. The van der Waals surface area contributed by atoms with Crippen LogP contribution in [0.1, 0.15) is 36.5 Å². The Balaban J connectivity index is 1.65. The molecule has 4 heterocycles. The van der Waals surface area contributed by atoms with E-state index in [9.17, 15) is 32.3 Å². The van der Waals surface area contributed by atoms with Gasteiger partial charge in [0, 0.05) is 19.3 Å². The summed E-state index contributed by atoms with van der Waals surface area (Å²) in [5.41, 5.74) is -2.31. The van der Waals surface area contributed by atoms with Gasteiger partial charge in [0.05, 0.1) is 22.2 Å². The van der Waals surface area contributed by atoms with E-state index in [2.05, 4.69) is 9.97 Å². The normalized spacial score (nSPS) is 20.9. The molecule has 1 saturated heterocycles. The van der Waals surface area contributed by atoms with Gasteiger partial charge in [0.15, 0.2) is 11.5 Å². The van der Waals surface area contributed by atoms with Gasteiger partial charge in [0.2, 0.25) is 5.43 Å². The number of carbonyl (C=O) groups is 1. The molecule has 3 aromatic rings. The smallest absolute Gasteiger partial charge is 0.388 e. The molecule has 1 aliphatic heterocycles. The largest absolute Gasteiger partial charge is 0.408 e. The van der Waals surface area contributed by atoms with E-state index >= 15 is 0 Å². The van der Waals surface area contributed by atoms with Crippen LogP contribution in [-0.2, 0) is 0 Å². The highest BCUT2D eigenvalue weighted by atomic mass is 35.5. The zero-order valence-electron chi connectivity index (χ0n) is 19.5. The van der Waals surface area contributed by atoms with E-state index in [1.165, 1.54) is 16.7 Å². The zero-order chi connectivity index (χ0) is 26.7. The van der Waals surface area contributed by atoms with E-state index in [1.54, 1.807) is 11.8 Å². The minimum atomic E-state index is -4.68. The molecule has 0 bridgehead atoms. The van der Waals surface area contributed by atoms with Crippen molar-refractivity contribution < 1.29 is 27.5 Å². The number of anilines is 1. The number of hydrogen-bond acceptors (Lipinski definition) is 6. The van der Waals surface area contributed by atoms with Crippen molar-refractivity contribution in [3.05, 3.63) is 57.2 Å². The first kappa shape index (κ1) is 25.4. The number of β-amino-alcohol motifs (C(OH)–C–C–N with tert-alkyl or cyclic N) is 1. The van der Waals surface area contributed by atoms with Gasteiger partial charge < -0.3 is 15.3 Å². The summed E-state index contributed by atoms with van der Waals surface area (Å²) in [6.45, 7) is 2.46. The molecule has 2 atom stereocenters. The molecule has 2 fully saturated rings. The van der Waals surface area contributed by atoms with Crippen LogP contribution in [0.15, 0.2) is 35.4 Å². The number of pyridine rings is 3. The lowest BCUT2D eigenvalue weighted by molar-refractivity contribution is -0.158. The predicted octanol–water partition coefficient (Wildman–Crippen LogP) is 3.61. The number of aliphatic hydroxyl groups is 1. The maximum absolute atomic E-state index is 13.7. The number of fused-ring (bicyclic) bond motifs is 1. The van der Waals surface area contributed by atoms with E-state index in [1.807, 2.05) is 5.32 Å². The van der Waals surface area contributed by atoms with E-state index in [4.69, 9.17) is 11.6 Å². The summed E-state index contributed by atoms with van der Waals surface area (Å²) in [6, 6.07) is 1.82. The summed E-state index contributed by atoms with van der Waals surface area (Å²) < 4.78 is 55.5. The van der Waals surface area contributed by atoms with Crippen LogP contribution in [0.5, 0.6) is 0 Å². The number of nitrogens with one attached hydrogen (secondary N) is 1. The lowest BCUT2D eigenvalue weighted by Gasteiger charge is -2.22. The molecule has 13 heteroatoms. The molecule has 8 nitrogen and oxygen atoms in total. The maximum Gasteiger partial charge on any atom is 0.408 e. The second-order valence-electron chi connectivity index (χ2n) is 9.74. The molecule has 0 spiro atoms. The molecular formula is C24H22ClF4N5O3. The minimum Gasteiger partial charge on any atom is -0.388 e. The third-order valence-electron chi connectivity index (χ3n) is 6.61. The fourth-order valence-electron chi connectivity index (χ4n) is 4.53. The number of carbonyl (C=O) groups excluding carboxylic acids is 1. The average Bonchev–Trinajstić information content (AvgIpc) is 3.58. The Kier molecular flexibility index (Phi) is 6.14. The van der Waals surface area contributed by atoms with Crippen molar-refractivity contribution in [3.63, 3.8) is 0 Å². The molecular weight excluding hydrogens is 518 g/mol. The van der Waals surface area contributed by atoms with Crippen molar-refractivity contribution in [2.24, 2.45) is 5.92 Å². The average molecular weight is 540 g/mol. The second-order valence-corrected chi connectivity index (χ2v) is 10.1. The lowest BCUT2D eigenvalue weighted by atomic mass is 10.1. The van der Waals surface area contributed by atoms with Gasteiger partial charge in [0.1, 0.15) is 23.2 Å². The minimum absolute atomic E-state index is 0.0150. The SMILES string of the molecule is CC1(O)CCN(c2ccc3c(=O)c(C(=O)N[C@H](C4CC4)C(F)(F)F)cn(-c4ncc(F)cc4Cl)c3n2)C1. The van der Waals surface area contributed by atoms with E-state index in [0.717, 1.165) is 18.5 Å². The third-order valence-corrected chi connectivity index (χ3v) is 6.88. The van der Waals surface area contributed by atoms with Crippen LogP contribution in [-0.4, -0.2) is 56.5 Å². The highest BCUT2D eigenvalue weighted by Gasteiger charge is 2.50. The number of amides is 1. The van der Waals surface area contributed by atoms with Gasteiger partial charge >= 0.3 is 6.18 Å². The number of aromatic nitrogens is 3. The van der Waals surface area contributed by atoms with Crippen molar-refractivity contribution in [1.29, 1.82) is 0 Å². The molecule has 0 radical (unpaired) electrons. The first-order chi connectivity index (χ1) is 17.3. The van der Waals surface area contributed by atoms with Crippen LogP contribution in [0.2, 0.25) is 5.02 Å². The van der Waals surface area contributed by atoms with Crippen molar-refractivity contribution >= 4 is 34.4 Å². The van der Waals surface area contributed by atoms with Crippen LogP contribution >= 0.6 is 11.6 Å². The Morgan fingerprint density at radius 2 is 2.05 bits per heavy atom. The topological polar surface area (TPSA) is 100 Å². The number of halogens is 5. The monoisotopic (exact) mass is 539 g/mol. The van der Waals surface area contributed by atoms with Gasteiger partial charge in [-0.25, -0.2) is 14.4 Å². The van der Waals surface area contributed by atoms with Gasteiger partial charge in [-0.1, -0.05) is 11.6 Å². The molecule has 1 unspecified atom stereocenters. The fourth-order valence-corrected chi connectivity index (χ4v) is 4.78. The first-order valence-corrected chi connectivity index (χ1v) is 11.9. The van der Waals surface area contributed by atoms with Gasteiger partial charge in [-0.05, 0) is 50.3 Å². The summed E-state index contributed by atoms with van der Waals surface area (Å²) >= 11 is 6.21. The Hall–Kier alpha value is -3.25. The Morgan fingerprint density at radius 1 is 1.32 bits per heavy atom. The first-order valence-electron chi connectivity index (χ1n) is 11.6. The standard InChI is InChI=1S/C24H22ClF4N5O3/c1-23(37)6-7-33(11-23)17-5-4-14-18(35)15(22(36)32-19(12-2-3-12)24(27,28)29)10-34(20(14)31-17)21-16(25)8-13(26)9-30-21/h4-5,8-10,12,19,37H,2-3,6-7,11H2,1H3,(H,32,36)/t19-,23?/m1/s1. The Morgan fingerprint density at radius 3 is 2.65 bits per heavy atom. The lowest BCUT2D eigenvalue weighted by Crippen LogP contribution is -2.48. The van der Waals surface area contributed by atoms with E-state index < -0.39 is 46.5 Å². The van der Waals surface area contributed by atoms with Gasteiger partial charge in [-0.15, -0.1) is 0 Å². The van der Waals surface area contributed by atoms with Crippen molar-refractivity contribution in [2.75, 3.05) is 18.0 Å². The molecule has 37 heavy (non-hydrogen) atoms. The summed E-state index contributed by atoms with van der Waals surface area (Å²) in [7, 11) is 0. The molecule has 196 valence electrons. The van der Waals surface area contributed by atoms with E-state index in [-0.39, 0.29) is 28.4 Å². The molecule has 0 aromatic carbocycles. The highest BCUT2D eigenvalue weighted by molar-refractivity contribution is 6.32. The van der Waals surface area contributed by atoms with Crippen LogP contribution in [0, 0.1) is 11.7 Å². The van der Waals surface area contributed by atoms with Crippen molar-refractivity contribution in [2.45, 2.75) is 44.0 Å². The molecule has 2 aliphatic rings. The molecule has 5 rings (SSSR count). The second kappa shape index (κ2) is 8.95. The fraction of sp³-hybridized carbons (Fsp3) is 0.417. The van der Waals surface area contributed by atoms with Gasteiger partial charge in [-0.3, -0.25) is 14.2 Å². The zero-order valence-corrected chi connectivity index (χ0v) is 20.3. The highest BCUT2D eigenvalue weighted by Crippen LogP contribution is 2.40. The Bertz CT molecular complexity index is 1450. The number of alkyl halides is 3. The molecule has 2 N–H and O–H groups in total. The maximum atomic E-state index is 13.7. The predicted molar refractivity (Wildman–Crippen MR) is 128 cm³/mol. The molecule has 3 aromatic heterocycles. The van der Waals surface area contributed by atoms with Crippen LogP contribution in [0.3, 0.4) is 0 Å². The molecule has 1 saturated carbocycles. The van der Waals surface area contributed by atoms with Gasteiger partial charge in [0.25, 0.3) is 5.91 Å². The van der Waals surface area contributed by atoms with Crippen molar-refractivity contribution in [3.8, 4) is 5.82 Å². The Labute approximate surface area is 212 Å². The van der Waals surface area contributed by atoms with Crippen LogP contribution in [0.4, 0.5) is 23.4 Å². The summed E-state index contributed by atoms with van der Waals surface area (Å²) in [4.78, 5) is 36.6. The quantitative estimate of drug-likeness (QED) is 0.481. The summed E-state index contributed by atoms with van der Waals surface area (Å²) in [6.07, 6.45) is -1.66. The molecule has 1 amide bonds. The van der Waals surface area contributed by atoms with Crippen molar-refractivity contribution in [1.82, 2.24) is 19.9 Å². The van der Waals surface area contributed by atoms with Crippen LogP contribution in [0.25, 0.3) is 16.9 Å². The van der Waals surface area contributed by atoms with Crippen LogP contribution < -0.4 is 15.6 Å². The van der Waals surface area contributed by atoms with Gasteiger partial charge in [-0.2, -0.15) is 13.2 Å². The number of nitrogens with zero attached hydrogens (tertiary/aromatic N) is 4.